The SMILES string of the molecule is CCOC(=O)CCC(=O)O.CC[C@H]1OC(=O)[C@H](C)[C@@H](O[C@H]2C[C@@](C)(OC)[C@@H](O)[C@H](C)O2)[C@H](C)[C@@H](O[C@@H]2O[C@H](C)C[C@H](N(C)C)[C@H]2O)[C@](C)(O)C[C@@H](C)C(=O)[C@H](C)[C@@H](O)[C@]1(C)O.O. The highest BCUT2D eigenvalue weighted by Gasteiger charge is 2.53. The fraction of sp³-hybridized carbons (Fsp3) is 0.907. The third-order valence-electron chi connectivity index (χ3n) is 12.7. The van der Waals surface area contributed by atoms with Gasteiger partial charge in [-0.1, -0.05) is 27.7 Å². The number of carboxylic acid groups (broad SMARTS) is 1. The van der Waals surface area contributed by atoms with Gasteiger partial charge in [0.15, 0.2) is 12.6 Å². The van der Waals surface area contributed by atoms with E-state index in [1.54, 1.807) is 48.5 Å². The Bertz CT molecular complexity index is 1430. The molecule has 8 N–H and O–H groups in total. The average molecular weight is 898 g/mol. The van der Waals surface area contributed by atoms with Gasteiger partial charge in [0.05, 0.1) is 67.1 Å². The number of cyclic esters (lactones) is 1. The second-order valence-corrected chi connectivity index (χ2v) is 18.2. The molecule has 19 nitrogen and oxygen atoms in total. The molecule has 3 aliphatic rings. The number of rotatable bonds is 11. The molecular formula is C43H79NO18. The third-order valence-corrected chi connectivity index (χ3v) is 12.7. The summed E-state index contributed by atoms with van der Waals surface area (Å²) in [5.41, 5.74) is -4.84. The highest BCUT2D eigenvalue weighted by atomic mass is 16.7. The molecule has 0 aromatic rings. The van der Waals surface area contributed by atoms with Crippen LogP contribution in [-0.2, 0) is 52.3 Å². The van der Waals surface area contributed by atoms with Gasteiger partial charge in [-0.15, -0.1) is 0 Å². The largest absolute Gasteiger partial charge is 0.481 e. The van der Waals surface area contributed by atoms with Gasteiger partial charge in [0.25, 0.3) is 0 Å². The monoisotopic (exact) mass is 898 g/mol. The number of aliphatic hydroxyl groups excluding tert-OH is 3. The Morgan fingerprint density at radius 3 is 1.98 bits per heavy atom. The van der Waals surface area contributed by atoms with E-state index in [0.29, 0.717) is 13.0 Å². The van der Waals surface area contributed by atoms with Crippen molar-refractivity contribution in [2.45, 2.75) is 199 Å². The first-order chi connectivity index (χ1) is 28.1. The molecule has 0 spiro atoms. The zero-order chi connectivity index (χ0) is 46.9. The number of hydrogen-bond donors (Lipinski definition) is 6. The lowest BCUT2D eigenvalue weighted by Crippen LogP contribution is -2.61. The molecule has 0 radical (unpaired) electrons. The Balaban J connectivity index is 0.00000155. The first kappa shape index (κ1) is 57.6. The zero-order valence-corrected chi connectivity index (χ0v) is 39.2. The second kappa shape index (κ2) is 24.2. The first-order valence-corrected chi connectivity index (χ1v) is 21.5. The lowest BCUT2D eigenvalue weighted by atomic mass is 9.74. The minimum atomic E-state index is -1.99. The van der Waals surface area contributed by atoms with Crippen molar-refractivity contribution in [3.05, 3.63) is 0 Å². The summed E-state index contributed by atoms with van der Waals surface area (Å²) in [4.78, 5) is 50.1. The number of carboxylic acids is 1. The molecule has 0 aliphatic carbocycles. The summed E-state index contributed by atoms with van der Waals surface area (Å²) in [7, 11) is 5.18. The number of likely N-dealkylation sites (N-methyl/N-ethyl adjacent to an activating group) is 1. The number of carbonyl (C=O) groups is 4. The number of esters is 2. The topological polar surface area (TPSA) is 289 Å². The molecule has 0 bridgehead atoms. The minimum Gasteiger partial charge on any atom is -0.481 e. The van der Waals surface area contributed by atoms with Gasteiger partial charge in [0.1, 0.15) is 29.7 Å². The zero-order valence-electron chi connectivity index (χ0n) is 39.2. The second-order valence-electron chi connectivity index (χ2n) is 18.2. The molecule has 18 atom stereocenters. The maximum Gasteiger partial charge on any atom is 0.311 e. The first-order valence-electron chi connectivity index (χ1n) is 21.5. The summed E-state index contributed by atoms with van der Waals surface area (Å²) in [5.74, 6) is -6.41. The number of aliphatic hydroxyl groups is 5. The molecule has 3 saturated heterocycles. The number of ketones is 1. The minimum absolute atomic E-state index is 0. The predicted octanol–water partition coefficient (Wildman–Crippen LogP) is 1.38. The lowest BCUT2D eigenvalue weighted by molar-refractivity contribution is -0.318. The van der Waals surface area contributed by atoms with E-state index in [2.05, 4.69) is 4.74 Å². The lowest BCUT2D eigenvalue weighted by Gasteiger charge is -2.49. The Kier molecular flexibility index (Phi) is 22.5. The van der Waals surface area contributed by atoms with E-state index >= 15 is 0 Å². The Morgan fingerprint density at radius 2 is 1.47 bits per heavy atom. The van der Waals surface area contributed by atoms with Crippen molar-refractivity contribution in [3.63, 3.8) is 0 Å². The number of aliphatic carboxylic acids is 1. The molecule has 3 aliphatic heterocycles. The molecule has 0 aromatic heterocycles. The predicted molar refractivity (Wildman–Crippen MR) is 223 cm³/mol. The van der Waals surface area contributed by atoms with Gasteiger partial charge < -0.3 is 74.2 Å². The van der Waals surface area contributed by atoms with Crippen LogP contribution in [0.15, 0.2) is 0 Å². The number of methoxy groups -OCH3 is 1. The summed E-state index contributed by atoms with van der Waals surface area (Å²) in [6.07, 6.45) is -9.90. The van der Waals surface area contributed by atoms with Crippen LogP contribution in [0.3, 0.4) is 0 Å². The molecule has 19 heteroatoms. The molecule has 3 heterocycles. The van der Waals surface area contributed by atoms with Crippen molar-refractivity contribution in [3.8, 4) is 0 Å². The number of ether oxygens (including phenoxy) is 7. The molecule has 0 unspecified atom stereocenters. The Morgan fingerprint density at radius 1 is 0.871 bits per heavy atom. The summed E-state index contributed by atoms with van der Waals surface area (Å²) < 4.78 is 41.5. The van der Waals surface area contributed by atoms with Gasteiger partial charge in [-0.05, 0) is 81.8 Å². The van der Waals surface area contributed by atoms with Crippen LogP contribution in [0.2, 0.25) is 0 Å². The van der Waals surface area contributed by atoms with Crippen LogP contribution >= 0.6 is 0 Å². The molecular weight excluding hydrogens is 818 g/mol. The summed E-state index contributed by atoms with van der Waals surface area (Å²) in [6.45, 7) is 18.3. The van der Waals surface area contributed by atoms with Crippen molar-refractivity contribution in [2.24, 2.45) is 23.7 Å². The molecule has 62 heavy (non-hydrogen) atoms. The van der Waals surface area contributed by atoms with E-state index in [4.69, 9.17) is 33.5 Å². The van der Waals surface area contributed by atoms with Crippen molar-refractivity contribution < 1.29 is 88.5 Å². The van der Waals surface area contributed by atoms with Gasteiger partial charge in [0, 0.05) is 37.3 Å². The fourth-order valence-corrected chi connectivity index (χ4v) is 8.85. The number of hydrogen-bond acceptors (Lipinski definition) is 17. The van der Waals surface area contributed by atoms with Crippen LogP contribution in [0.1, 0.15) is 115 Å². The van der Waals surface area contributed by atoms with Crippen LogP contribution in [0.4, 0.5) is 0 Å². The molecule has 0 saturated carbocycles. The molecule has 364 valence electrons. The van der Waals surface area contributed by atoms with E-state index in [-0.39, 0.29) is 49.7 Å². The van der Waals surface area contributed by atoms with E-state index in [1.165, 1.54) is 27.9 Å². The molecule has 0 amide bonds. The van der Waals surface area contributed by atoms with Crippen molar-refractivity contribution in [2.75, 3.05) is 27.8 Å². The third kappa shape index (κ3) is 14.6. The van der Waals surface area contributed by atoms with Crippen LogP contribution in [0, 0.1) is 23.7 Å². The smallest absolute Gasteiger partial charge is 0.311 e. The van der Waals surface area contributed by atoms with E-state index in [1.807, 2.05) is 25.9 Å². The summed E-state index contributed by atoms with van der Waals surface area (Å²) in [6, 6.07) is -0.324. The standard InChI is InChI=1S/C37H67NO13.C6H10O4.H2O/c1-14-25-37(10,45)30(41)20(4)27(39)18(2)16-35(8,44)32(51-34-28(40)24(38(11)12)15-19(3)47-34)21(5)29(22(6)33(43)49-25)50-26-17-36(9,46-13)31(42)23(7)48-26;1-2-10-6(9)4-3-5(7)8;/h18-26,28-32,34,40-42,44-45H,14-17H2,1-13H3;2-4H2,1H3,(H,7,8);1H2/t18-,19-,20+,21+,22-,23+,24+,25-,26+,28-,29+,30-,31+,32-,34+,35-,36-,37-;;/m1../s1. The molecule has 3 fully saturated rings. The normalized spacial score (nSPS) is 42.4. The van der Waals surface area contributed by atoms with Crippen LogP contribution in [-0.4, -0.2) is 177 Å². The van der Waals surface area contributed by atoms with Crippen molar-refractivity contribution in [1.82, 2.24) is 4.90 Å². The van der Waals surface area contributed by atoms with Crippen LogP contribution in [0.25, 0.3) is 0 Å². The van der Waals surface area contributed by atoms with Crippen molar-refractivity contribution in [1.29, 1.82) is 0 Å². The summed E-state index contributed by atoms with van der Waals surface area (Å²) >= 11 is 0. The highest BCUT2D eigenvalue weighted by Crippen LogP contribution is 2.40. The van der Waals surface area contributed by atoms with Crippen LogP contribution in [0.5, 0.6) is 0 Å². The van der Waals surface area contributed by atoms with Gasteiger partial charge >= 0.3 is 17.9 Å². The Hall–Kier alpha value is -2.40. The van der Waals surface area contributed by atoms with Gasteiger partial charge in [0.2, 0.25) is 0 Å². The van der Waals surface area contributed by atoms with Gasteiger partial charge in [-0.3, -0.25) is 19.2 Å². The number of Topliss-reactive ketones (excluding diaryl/α,β-unsaturated/α-hetero) is 1. The van der Waals surface area contributed by atoms with E-state index in [9.17, 15) is 44.7 Å². The van der Waals surface area contributed by atoms with E-state index < -0.39 is 119 Å². The van der Waals surface area contributed by atoms with E-state index in [0.717, 1.165) is 0 Å². The quantitative estimate of drug-likeness (QED) is 0.160. The number of carbonyl (C=O) groups excluding carboxylic acids is 3. The van der Waals surface area contributed by atoms with Gasteiger partial charge in [-0.25, -0.2) is 0 Å². The van der Waals surface area contributed by atoms with Crippen LogP contribution < -0.4 is 0 Å². The number of nitrogens with zero attached hydrogens (tertiary/aromatic N) is 1. The fourth-order valence-electron chi connectivity index (χ4n) is 8.85. The highest BCUT2D eigenvalue weighted by molar-refractivity contribution is 5.83. The Labute approximate surface area is 367 Å². The maximum atomic E-state index is 14.1. The molecule has 0 aromatic carbocycles. The maximum absolute atomic E-state index is 14.1. The average Bonchev–Trinajstić information content (AvgIpc) is 3.18. The van der Waals surface area contributed by atoms with Gasteiger partial charge in [-0.2, -0.15) is 0 Å². The van der Waals surface area contributed by atoms with Crippen molar-refractivity contribution >= 4 is 23.7 Å². The summed E-state index contributed by atoms with van der Waals surface area (Å²) in [5, 5.41) is 65.7. The molecule has 3 rings (SSSR count).